The van der Waals surface area contributed by atoms with E-state index in [1.165, 1.54) is 6.07 Å². The van der Waals surface area contributed by atoms with Crippen molar-refractivity contribution < 1.29 is 10.2 Å². The molecule has 0 saturated heterocycles. The number of nitrogens with zero attached hydrogens (tertiary/aromatic N) is 1. The molecule has 2 rings (SSSR count). The number of pyridine rings is 1. The lowest BCUT2D eigenvalue weighted by molar-refractivity contribution is 0.451. The van der Waals surface area contributed by atoms with Gasteiger partial charge in [-0.2, -0.15) is 0 Å². The van der Waals surface area contributed by atoms with Gasteiger partial charge in [0.15, 0.2) is 0 Å². The maximum Gasteiger partial charge on any atom is 0.119 e. The average Bonchev–Trinajstić information content (AvgIpc) is 2.17. The molecule has 3 heteroatoms. The van der Waals surface area contributed by atoms with Gasteiger partial charge in [-0.3, -0.25) is 4.98 Å². The number of hydrogen-bond donors (Lipinski definition) is 2. The number of phenolic OH excluding ortho intramolecular Hbond substituents is 2. The quantitative estimate of drug-likeness (QED) is 0.745. The van der Waals surface area contributed by atoms with Crippen LogP contribution in [0.5, 0.6) is 11.5 Å². The molecular formula is C12H11NO2. The third-order valence-corrected chi connectivity index (χ3v) is 2.11. The number of rotatable bonds is 1. The number of phenols is 2. The summed E-state index contributed by atoms with van der Waals surface area (Å²) >= 11 is 0. The molecule has 0 aliphatic heterocycles. The van der Waals surface area contributed by atoms with E-state index in [9.17, 15) is 10.2 Å². The molecule has 0 aliphatic rings. The first-order valence-electron chi connectivity index (χ1n) is 4.61. The SMILES string of the molecule is Cc1ccc(-c2cc(O)cc(O)c2)nc1. The van der Waals surface area contributed by atoms with Crippen LogP contribution in [0, 0.1) is 6.92 Å². The maximum absolute atomic E-state index is 9.32. The number of aromatic hydroxyl groups is 2. The third-order valence-electron chi connectivity index (χ3n) is 2.11. The Morgan fingerprint density at radius 3 is 2.20 bits per heavy atom. The van der Waals surface area contributed by atoms with Gasteiger partial charge in [0.1, 0.15) is 11.5 Å². The molecule has 2 N–H and O–H groups in total. The van der Waals surface area contributed by atoms with Crippen molar-refractivity contribution in [3.63, 3.8) is 0 Å². The van der Waals surface area contributed by atoms with Crippen molar-refractivity contribution in [1.82, 2.24) is 4.98 Å². The van der Waals surface area contributed by atoms with Crippen LogP contribution in [-0.4, -0.2) is 15.2 Å². The van der Waals surface area contributed by atoms with Crippen molar-refractivity contribution in [3.8, 4) is 22.8 Å². The summed E-state index contributed by atoms with van der Waals surface area (Å²) in [6.07, 6.45) is 1.75. The molecule has 0 fully saturated rings. The van der Waals surface area contributed by atoms with E-state index in [2.05, 4.69) is 4.98 Å². The van der Waals surface area contributed by atoms with Gasteiger partial charge in [-0.15, -0.1) is 0 Å². The Morgan fingerprint density at radius 2 is 1.67 bits per heavy atom. The van der Waals surface area contributed by atoms with E-state index in [0.717, 1.165) is 11.3 Å². The lowest BCUT2D eigenvalue weighted by atomic mass is 10.1. The maximum atomic E-state index is 9.32. The van der Waals surface area contributed by atoms with Gasteiger partial charge in [0, 0.05) is 17.8 Å². The summed E-state index contributed by atoms with van der Waals surface area (Å²) in [7, 11) is 0. The van der Waals surface area contributed by atoms with Crippen LogP contribution in [0.2, 0.25) is 0 Å². The predicted octanol–water partition coefficient (Wildman–Crippen LogP) is 2.47. The number of aromatic nitrogens is 1. The summed E-state index contributed by atoms with van der Waals surface area (Å²) < 4.78 is 0. The molecular weight excluding hydrogens is 190 g/mol. The number of aryl methyl sites for hydroxylation is 1. The van der Waals surface area contributed by atoms with Crippen molar-refractivity contribution in [2.24, 2.45) is 0 Å². The van der Waals surface area contributed by atoms with E-state index in [4.69, 9.17) is 0 Å². The van der Waals surface area contributed by atoms with Gasteiger partial charge >= 0.3 is 0 Å². The molecule has 1 heterocycles. The molecule has 0 bridgehead atoms. The number of benzene rings is 1. The minimum absolute atomic E-state index is 0.0346. The predicted molar refractivity (Wildman–Crippen MR) is 57.7 cm³/mol. The highest BCUT2D eigenvalue weighted by atomic mass is 16.3. The lowest BCUT2D eigenvalue weighted by Crippen LogP contribution is -1.83. The fraction of sp³-hybridized carbons (Fsp3) is 0.0833. The van der Waals surface area contributed by atoms with Crippen LogP contribution in [-0.2, 0) is 0 Å². The van der Waals surface area contributed by atoms with Crippen molar-refractivity contribution in [2.45, 2.75) is 6.92 Å². The monoisotopic (exact) mass is 201 g/mol. The Hall–Kier alpha value is -2.03. The van der Waals surface area contributed by atoms with Gasteiger partial charge in [-0.1, -0.05) is 6.07 Å². The molecule has 1 aromatic carbocycles. The summed E-state index contributed by atoms with van der Waals surface area (Å²) in [4.78, 5) is 4.21. The molecule has 0 aliphatic carbocycles. The van der Waals surface area contributed by atoms with E-state index in [1.807, 2.05) is 19.1 Å². The highest BCUT2D eigenvalue weighted by Crippen LogP contribution is 2.27. The first kappa shape index (κ1) is 9.52. The van der Waals surface area contributed by atoms with Crippen molar-refractivity contribution in [2.75, 3.05) is 0 Å². The average molecular weight is 201 g/mol. The van der Waals surface area contributed by atoms with Gasteiger partial charge in [-0.25, -0.2) is 0 Å². The minimum Gasteiger partial charge on any atom is -0.508 e. The molecule has 15 heavy (non-hydrogen) atoms. The van der Waals surface area contributed by atoms with Crippen LogP contribution in [0.3, 0.4) is 0 Å². The molecule has 0 amide bonds. The van der Waals surface area contributed by atoms with Gasteiger partial charge in [-0.05, 0) is 30.7 Å². The Balaban J connectivity index is 2.49. The second-order valence-corrected chi connectivity index (χ2v) is 3.46. The molecule has 0 atom stereocenters. The Morgan fingerprint density at radius 1 is 1.00 bits per heavy atom. The molecule has 2 aromatic rings. The molecule has 76 valence electrons. The minimum atomic E-state index is 0.0346. The summed E-state index contributed by atoms with van der Waals surface area (Å²) in [5, 5.41) is 18.6. The van der Waals surface area contributed by atoms with Crippen LogP contribution in [0.4, 0.5) is 0 Å². The fourth-order valence-electron chi connectivity index (χ4n) is 1.38. The normalized spacial score (nSPS) is 10.2. The van der Waals surface area contributed by atoms with E-state index in [-0.39, 0.29) is 11.5 Å². The molecule has 3 nitrogen and oxygen atoms in total. The van der Waals surface area contributed by atoms with Crippen LogP contribution < -0.4 is 0 Å². The highest BCUT2D eigenvalue weighted by Gasteiger charge is 2.02. The second-order valence-electron chi connectivity index (χ2n) is 3.46. The summed E-state index contributed by atoms with van der Waals surface area (Å²) in [5.74, 6) is 0.0692. The molecule has 0 saturated carbocycles. The van der Waals surface area contributed by atoms with Crippen LogP contribution in [0.25, 0.3) is 11.3 Å². The van der Waals surface area contributed by atoms with E-state index in [0.29, 0.717) is 5.56 Å². The van der Waals surface area contributed by atoms with Gasteiger partial charge in [0.2, 0.25) is 0 Å². The smallest absolute Gasteiger partial charge is 0.119 e. The molecule has 0 radical (unpaired) electrons. The Bertz CT molecular complexity index is 457. The van der Waals surface area contributed by atoms with Gasteiger partial charge in [0.25, 0.3) is 0 Å². The van der Waals surface area contributed by atoms with E-state index in [1.54, 1.807) is 18.3 Å². The highest BCUT2D eigenvalue weighted by molar-refractivity contribution is 5.63. The van der Waals surface area contributed by atoms with Crippen molar-refractivity contribution in [1.29, 1.82) is 0 Å². The van der Waals surface area contributed by atoms with Gasteiger partial charge < -0.3 is 10.2 Å². The van der Waals surface area contributed by atoms with Crippen LogP contribution >= 0.6 is 0 Å². The van der Waals surface area contributed by atoms with E-state index < -0.39 is 0 Å². The first-order valence-corrected chi connectivity index (χ1v) is 4.61. The van der Waals surface area contributed by atoms with E-state index >= 15 is 0 Å². The zero-order valence-electron chi connectivity index (χ0n) is 8.31. The first-order chi connectivity index (χ1) is 7.15. The Kier molecular flexibility index (Phi) is 2.29. The summed E-state index contributed by atoms with van der Waals surface area (Å²) in [6.45, 7) is 1.96. The topological polar surface area (TPSA) is 53.4 Å². The summed E-state index contributed by atoms with van der Waals surface area (Å²) in [5.41, 5.74) is 2.50. The number of hydrogen-bond acceptors (Lipinski definition) is 3. The third kappa shape index (κ3) is 2.07. The summed E-state index contributed by atoms with van der Waals surface area (Å²) in [6, 6.07) is 8.21. The fourth-order valence-corrected chi connectivity index (χ4v) is 1.38. The Labute approximate surface area is 87.7 Å². The largest absolute Gasteiger partial charge is 0.508 e. The molecule has 1 aromatic heterocycles. The zero-order chi connectivity index (χ0) is 10.8. The van der Waals surface area contributed by atoms with Crippen LogP contribution in [0.15, 0.2) is 36.5 Å². The van der Waals surface area contributed by atoms with Crippen LogP contribution in [0.1, 0.15) is 5.56 Å². The van der Waals surface area contributed by atoms with Gasteiger partial charge in [0.05, 0.1) is 5.69 Å². The molecule has 0 spiro atoms. The second kappa shape index (κ2) is 3.61. The standard InChI is InChI=1S/C12H11NO2/c1-8-2-3-12(13-7-8)9-4-10(14)6-11(15)5-9/h2-7,14-15H,1H3. The van der Waals surface area contributed by atoms with Crippen molar-refractivity contribution >= 4 is 0 Å². The molecule has 0 unspecified atom stereocenters. The lowest BCUT2D eigenvalue weighted by Gasteiger charge is -2.03. The zero-order valence-corrected chi connectivity index (χ0v) is 8.31. The van der Waals surface area contributed by atoms with Crippen molar-refractivity contribution in [3.05, 3.63) is 42.1 Å².